The lowest BCUT2D eigenvalue weighted by atomic mass is 9.86. The third kappa shape index (κ3) is 1.50. The van der Waals surface area contributed by atoms with Crippen LogP contribution in [0.15, 0.2) is 18.2 Å². The Morgan fingerprint density at radius 2 is 2.21 bits per heavy atom. The van der Waals surface area contributed by atoms with E-state index in [0.29, 0.717) is 6.61 Å². The van der Waals surface area contributed by atoms with E-state index in [-0.39, 0.29) is 5.41 Å². The van der Waals surface area contributed by atoms with Crippen molar-refractivity contribution >= 4 is 5.69 Å². The van der Waals surface area contributed by atoms with E-state index in [4.69, 9.17) is 4.74 Å². The highest BCUT2D eigenvalue weighted by molar-refractivity contribution is 5.60. The quantitative estimate of drug-likeness (QED) is 0.775. The summed E-state index contributed by atoms with van der Waals surface area (Å²) in [5, 5.41) is 3.42. The number of nitrogens with one attached hydrogen (secondary N) is 1. The number of ether oxygens (including phenoxy) is 1. The molecular formula is C12H17NO. The van der Waals surface area contributed by atoms with E-state index in [0.717, 1.165) is 6.54 Å². The molecule has 0 fully saturated rings. The number of hydrogen-bond acceptors (Lipinski definition) is 2. The zero-order chi connectivity index (χ0) is 10.2. The van der Waals surface area contributed by atoms with Crippen LogP contribution >= 0.6 is 0 Å². The fourth-order valence-electron chi connectivity index (χ4n) is 1.97. The summed E-state index contributed by atoms with van der Waals surface area (Å²) in [5.41, 5.74) is 4.18. The number of anilines is 1. The molecule has 0 bridgehead atoms. The minimum Gasteiger partial charge on any atom is -0.384 e. The molecule has 0 spiro atoms. The molecule has 1 aliphatic heterocycles. The molecule has 2 nitrogen and oxygen atoms in total. The topological polar surface area (TPSA) is 21.3 Å². The van der Waals surface area contributed by atoms with Crippen LogP contribution in [0.3, 0.4) is 0 Å². The Labute approximate surface area is 85.3 Å². The summed E-state index contributed by atoms with van der Waals surface area (Å²) >= 11 is 0. The second kappa shape index (κ2) is 3.28. The van der Waals surface area contributed by atoms with Crippen molar-refractivity contribution in [2.45, 2.75) is 25.9 Å². The first kappa shape index (κ1) is 9.53. The number of rotatable bonds is 2. The molecule has 1 aliphatic rings. The van der Waals surface area contributed by atoms with Gasteiger partial charge in [0, 0.05) is 24.8 Å². The van der Waals surface area contributed by atoms with Crippen LogP contribution < -0.4 is 5.32 Å². The maximum absolute atomic E-state index is 5.14. The molecule has 2 rings (SSSR count). The van der Waals surface area contributed by atoms with Gasteiger partial charge < -0.3 is 10.1 Å². The van der Waals surface area contributed by atoms with E-state index in [1.54, 1.807) is 7.11 Å². The molecule has 76 valence electrons. The first-order chi connectivity index (χ1) is 6.63. The molecule has 1 heterocycles. The van der Waals surface area contributed by atoms with Crippen LogP contribution in [-0.2, 0) is 16.8 Å². The van der Waals surface area contributed by atoms with E-state index in [9.17, 15) is 0 Å². The van der Waals surface area contributed by atoms with Crippen LogP contribution in [0.25, 0.3) is 0 Å². The van der Waals surface area contributed by atoms with E-state index in [1.165, 1.54) is 16.8 Å². The van der Waals surface area contributed by atoms with Crippen LogP contribution in [0, 0.1) is 0 Å². The van der Waals surface area contributed by atoms with Gasteiger partial charge in [0.2, 0.25) is 0 Å². The van der Waals surface area contributed by atoms with Crippen molar-refractivity contribution in [3.05, 3.63) is 29.3 Å². The Morgan fingerprint density at radius 1 is 1.43 bits per heavy atom. The second-order valence-electron chi connectivity index (χ2n) is 4.55. The fraction of sp³-hybridized carbons (Fsp3) is 0.500. The van der Waals surface area contributed by atoms with Gasteiger partial charge in [0.1, 0.15) is 0 Å². The highest BCUT2D eigenvalue weighted by Gasteiger charge is 2.29. The van der Waals surface area contributed by atoms with Crippen molar-refractivity contribution in [2.24, 2.45) is 0 Å². The first-order valence-electron chi connectivity index (χ1n) is 5.00. The van der Waals surface area contributed by atoms with Gasteiger partial charge in [0.15, 0.2) is 0 Å². The van der Waals surface area contributed by atoms with Gasteiger partial charge in [-0.25, -0.2) is 0 Å². The Balaban J connectivity index is 2.38. The number of benzene rings is 1. The summed E-state index contributed by atoms with van der Waals surface area (Å²) in [6.45, 7) is 6.26. The van der Waals surface area contributed by atoms with Crippen molar-refractivity contribution in [1.29, 1.82) is 0 Å². The molecule has 0 amide bonds. The number of hydrogen-bond donors (Lipinski definition) is 1. The summed E-state index contributed by atoms with van der Waals surface area (Å²) in [4.78, 5) is 0. The maximum Gasteiger partial charge on any atom is 0.0713 e. The molecule has 0 unspecified atom stereocenters. The zero-order valence-electron chi connectivity index (χ0n) is 9.05. The predicted molar refractivity (Wildman–Crippen MR) is 58.7 cm³/mol. The Bertz CT molecular complexity index is 344. The fourth-order valence-corrected chi connectivity index (χ4v) is 1.97. The third-order valence-corrected chi connectivity index (χ3v) is 2.84. The first-order valence-corrected chi connectivity index (χ1v) is 5.00. The monoisotopic (exact) mass is 191 g/mol. The van der Waals surface area contributed by atoms with Gasteiger partial charge in [0.05, 0.1) is 6.61 Å². The molecule has 0 radical (unpaired) electrons. The van der Waals surface area contributed by atoms with Crippen LogP contribution in [0.4, 0.5) is 5.69 Å². The Hall–Kier alpha value is -1.02. The van der Waals surface area contributed by atoms with Crippen LogP contribution in [0.1, 0.15) is 25.0 Å². The van der Waals surface area contributed by atoms with E-state index >= 15 is 0 Å². The molecular weight excluding hydrogens is 174 g/mol. The second-order valence-corrected chi connectivity index (χ2v) is 4.55. The zero-order valence-corrected chi connectivity index (χ0v) is 9.05. The van der Waals surface area contributed by atoms with Gasteiger partial charge in [-0.15, -0.1) is 0 Å². The molecule has 2 heteroatoms. The van der Waals surface area contributed by atoms with Gasteiger partial charge in [-0.05, 0) is 17.2 Å². The minimum atomic E-state index is 0.249. The van der Waals surface area contributed by atoms with Gasteiger partial charge in [-0.1, -0.05) is 26.0 Å². The van der Waals surface area contributed by atoms with Crippen LogP contribution in [0.5, 0.6) is 0 Å². The van der Waals surface area contributed by atoms with Crippen LogP contribution in [0.2, 0.25) is 0 Å². The van der Waals surface area contributed by atoms with Crippen molar-refractivity contribution in [2.75, 3.05) is 19.0 Å². The molecule has 14 heavy (non-hydrogen) atoms. The molecule has 0 atom stereocenters. The van der Waals surface area contributed by atoms with E-state index in [2.05, 4.69) is 37.4 Å². The Morgan fingerprint density at radius 3 is 2.93 bits per heavy atom. The van der Waals surface area contributed by atoms with Crippen LogP contribution in [-0.4, -0.2) is 13.7 Å². The normalized spacial score (nSPS) is 17.6. The van der Waals surface area contributed by atoms with Gasteiger partial charge in [-0.3, -0.25) is 0 Å². The molecule has 1 aromatic rings. The van der Waals surface area contributed by atoms with Crippen molar-refractivity contribution in [3.8, 4) is 0 Å². The lowest BCUT2D eigenvalue weighted by Gasteiger charge is -2.17. The smallest absolute Gasteiger partial charge is 0.0713 e. The summed E-state index contributed by atoms with van der Waals surface area (Å²) in [6, 6.07) is 6.52. The molecule has 1 N–H and O–H groups in total. The SMILES string of the molecule is COCc1ccc2c(c1)C(C)(C)CN2. The van der Waals surface area contributed by atoms with Crippen molar-refractivity contribution < 1.29 is 4.74 Å². The molecule has 0 aliphatic carbocycles. The molecule has 0 aromatic heterocycles. The van der Waals surface area contributed by atoms with Gasteiger partial charge >= 0.3 is 0 Å². The number of fused-ring (bicyclic) bond motifs is 1. The van der Waals surface area contributed by atoms with Crippen molar-refractivity contribution in [3.63, 3.8) is 0 Å². The summed E-state index contributed by atoms with van der Waals surface area (Å²) in [7, 11) is 1.73. The van der Waals surface area contributed by atoms with E-state index < -0.39 is 0 Å². The van der Waals surface area contributed by atoms with Gasteiger partial charge in [-0.2, -0.15) is 0 Å². The maximum atomic E-state index is 5.14. The summed E-state index contributed by atoms with van der Waals surface area (Å²) in [6.07, 6.45) is 0. The average molecular weight is 191 g/mol. The largest absolute Gasteiger partial charge is 0.384 e. The lowest BCUT2D eigenvalue weighted by Crippen LogP contribution is -2.19. The third-order valence-electron chi connectivity index (χ3n) is 2.84. The summed E-state index contributed by atoms with van der Waals surface area (Å²) < 4.78 is 5.14. The standard InChI is InChI=1S/C12H17NO/c1-12(2)8-13-11-5-4-9(7-14-3)6-10(11)12/h4-6,13H,7-8H2,1-3H3. The predicted octanol–water partition coefficient (Wildman–Crippen LogP) is 2.54. The van der Waals surface area contributed by atoms with Crippen molar-refractivity contribution in [1.82, 2.24) is 0 Å². The van der Waals surface area contributed by atoms with Gasteiger partial charge in [0.25, 0.3) is 0 Å². The van der Waals surface area contributed by atoms with E-state index in [1.807, 2.05) is 0 Å². The molecule has 0 saturated carbocycles. The average Bonchev–Trinajstić information content (AvgIpc) is 2.44. The minimum absolute atomic E-state index is 0.249. The molecule has 0 saturated heterocycles. The Kier molecular flexibility index (Phi) is 2.23. The molecule has 1 aromatic carbocycles. The summed E-state index contributed by atoms with van der Waals surface area (Å²) in [5.74, 6) is 0. The number of methoxy groups -OCH3 is 1. The highest BCUT2D eigenvalue weighted by Crippen LogP contribution is 2.36. The lowest BCUT2D eigenvalue weighted by molar-refractivity contribution is 0.185. The highest BCUT2D eigenvalue weighted by atomic mass is 16.5.